The van der Waals surface area contributed by atoms with E-state index in [1.54, 1.807) is 15.7 Å². The second kappa shape index (κ2) is 8.19. The number of aryl methyl sites for hydroxylation is 2. The molecular formula is C20H24N2O4. The normalized spacial score (nSPS) is 14.3. The van der Waals surface area contributed by atoms with E-state index in [-0.39, 0.29) is 23.6 Å². The maximum Gasteiger partial charge on any atom is 0.242 e. The molecule has 2 aromatic rings. The van der Waals surface area contributed by atoms with Crippen LogP contribution in [0.2, 0.25) is 0 Å². The maximum atomic E-state index is 12.5. The molecule has 0 unspecified atom stereocenters. The highest BCUT2D eigenvalue weighted by Gasteiger charge is 2.18. The van der Waals surface area contributed by atoms with Gasteiger partial charge in [-0.05, 0) is 25.0 Å². The molecule has 0 N–H and O–H groups in total. The molecule has 1 fully saturated rings. The Morgan fingerprint density at radius 3 is 2.65 bits per heavy atom. The van der Waals surface area contributed by atoms with Gasteiger partial charge in [0.25, 0.3) is 0 Å². The summed E-state index contributed by atoms with van der Waals surface area (Å²) in [5, 5.41) is 0. The number of rotatable bonds is 5. The van der Waals surface area contributed by atoms with Crippen LogP contribution in [0.5, 0.6) is 5.75 Å². The van der Waals surface area contributed by atoms with Crippen LogP contribution in [0.1, 0.15) is 16.8 Å². The second-order valence-corrected chi connectivity index (χ2v) is 6.48. The summed E-state index contributed by atoms with van der Waals surface area (Å²) in [4.78, 5) is 26.5. The van der Waals surface area contributed by atoms with E-state index in [4.69, 9.17) is 9.47 Å². The lowest BCUT2D eigenvalue weighted by Crippen LogP contribution is -2.42. The maximum absolute atomic E-state index is 12.5. The standard InChI is InChI=1S/C20H24N2O4/c1-15-5-3-4-6-17(15)14-26-19-12-22(16(2)11-18(19)23)13-20(24)21-7-9-25-10-8-21/h3-6,11-12H,7-10,13-14H2,1-2H3. The van der Waals surface area contributed by atoms with Crippen LogP contribution in [0.3, 0.4) is 0 Å². The predicted molar refractivity (Wildman–Crippen MR) is 98.3 cm³/mol. The molecule has 0 bridgehead atoms. The number of nitrogens with zero attached hydrogens (tertiary/aromatic N) is 2. The van der Waals surface area contributed by atoms with E-state index >= 15 is 0 Å². The lowest BCUT2D eigenvalue weighted by atomic mass is 10.1. The number of ether oxygens (including phenoxy) is 2. The molecule has 0 atom stereocenters. The molecule has 1 aromatic carbocycles. The molecule has 6 heteroatoms. The van der Waals surface area contributed by atoms with Crippen molar-refractivity contribution in [2.45, 2.75) is 27.0 Å². The van der Waals surface area contributed by atoms with Crippen LogP contribution in [-0.4, -0.2) is 41.7 Å². The Balaban J connectivity index is 1.73. The van der Waals surface area contributed by atoms with Gasteiger partial charge in [0.15, 0.2) is 5.75 Å². The van der Waals surface area contributed by atoms with Gasteiger partial charge in [0.1, 0.15) is 13.2 Å². The van der Waals surface area contributed by atoms with E-state index < -0.39 is 0 Å². The van der Waals surface area contributed by atoms with E-state index in [0.29, 0.717) is 32.9 Å². The number of amides is 1. The number of hydrogen-bond donors (Lipinski definition) is 0. The van der Waals surface area contributed by atoms with Crippen molar-refractivity contribution >= 4 is 5.91 Å². The van der Waals surface area contributed by atoms with Crippen LogP contribution in [-0.2, 0) is 22.7 Å². The van der Waals surface area contributed by atoms with E-state index in [2.05, 4.69) is 0 Å². The quantitative estimate of drug-likeness (QED) is 0.821. The van der Waals surface area contributed by atoms with Crippen LogP contribution >= 0.6 is 0 Å². The lowest BCUT2D eigenvalue weighted by molar-refractivity contribution is -0.135. The Morgan fingerprint density at radius 2 is 1.92 bits per heavy atom. The predicted octanol–water partition coefficient (Wildman–Crippen LogP) is 1.90. The highest BCUT2D eigenvalue weighted by molar-refractivity contribution is 5.76. The largest absolute Gasteiger partial charge is 0.483 e. The molecule has 26 heavy (non-hydrogen) atoms. The van der Waals surface area contributed by atoms with Crippen molar-refractivity contribution in [2.24, 2.45) is 0 Å². The summed E-state index contributed by atoms with van der Waals surface area (Å²) in [5.74, 6) is 0.276. The zero-order chi connectivity index (χ0) is 18.5. The minimum Gasteiger partial charge on any atom is -0.483 e. The number of hydrogen-bond acceptors (Lipinski definition) is 4. The molecular weight excluding hydrogens is 332 g/mol. The van der Waals surface area contributed by atoms with Gasteiger partial charge in [0.2, 0.25) is 11.3 Å². The molecule has 2 heterocycles. The fourth-order valence-electron chi connectivity index (χ4n) is 2.92. The van der Waals surface area contributed by atoms with Crippen molar-refractivity contribution in [1.29, 1.82) is 0 Å². The fourth-order valence-corrected chi connectivity index (χ4v) is 2.92. The number of morpholine rings is 1. The number of carbonyl (C=O) groups is 1. The van der Waals surface area contributed by atoms with Gasteiger partial charge < -0.3 is 18.9 Å². The zero-order valence-corrected chi connectivity index (χ0v) is 15.2. The molecule has 0 saturated carbocycles. The van der Waals surface area contributed by atoms with E-state index in [0.717, 1.165) is 16.8 Å². The van der Waals surface area contributed by atoms with Gasteiger partial charge >= 0.3 is 0 Å². The molecule has 138 valence electrons. The van der Waals surface area contributed by atoms with Crippen LogP contribution in [0, 0.1) is 13.8 Å². The van der Waals surface area contributed by atoms with Gasteiger partial charge in [-0.2, -0.15) is 0 Å². The third-order valence-electron chi connectivity index (χ3n) is 4.62. The topological polar surface area (TPSA) is 60.8 Å². The Bertz CT molecular complexity index is 838. The average molecular weight is 356 g/mol. The SMILES string of the molecule is Cc1ccccc1COc1cn(CC(=O)N2CCOCC2)c(C)cc1=O. The molecule has 0 spiro atoms. The Hall–Kier alpha value is -2.60. The molecule has 1 amide bonds. The fraction of sp³-hybridized carbons (Fsp3) is 0.400. The van der Waals surface area contributed by atoms with Gasteiger partial charge in [0, 0.05) is 24.8 Å². The molecule has 0 radical (unpaired) electrons. The molecule has 1 aliphatic rings. The highest BCUT2D eigenvalue weighted by atomic mass is 16.5. The van der Waals surface area contributed by atoms with Crippen LogP contribution in [0.15, 0.2) is 41.3 Å². The molecule has 0 aliphatic carbocycles. The van der Waals surface area contributed by atoms with Crippen LogP contribution in [0.4, 0.5) is 0 Å². The van der Waals surface area contributed by atoms with Crippen molar-refractivity contribution in [3.63, 3.8) is 0 Å². The van der Waals surface area contributed by atoms with Gasteiger partial charge in [-0.3, -0.25) is 9.59 Å². The summed E-state index contributed by atoms with van der Waals surface area (Å²) in [7, 11) is 0. The Morgan fingerprint density at radius 1 is 1.19 bits per heavy atom. The first-order chi connectivity index (χ1) is 12.5. The third-order valence-corrected chi connectivity index (χ3v) is 4.62. The van der Waals surface area contributed by atoms with Crippen LogP contribution in [0.25, 0.3) is 0 Å². The molecule has 1 aromatic heterocycles. The minimum atomic E-state index is -0.175. The smallest absolute Gasteiger partial charge is 0.242 e. The summed E-state index contributed by atoms with van der Waals surface area (Å²) < 4.78 is 12.8. The van der Waals surface area contributed by atoms with Crippen molar-refractivity contribution < 1.29 is 14.3 Å². The minimum absolute atomic E-state index is 0.0184. The second-order valence-electron chi connectivity index (χ2n) is 6.48. The first kappa shape index (κ1) is 18.2. The molecule has 6 nitrogen and oxygen atoms in total. The third kappa shape index (κ3) is 4.32. The first-order valence-electron chi connectivity index (χ1n) is 8.78. The van der Waals surface area contributed by atoms with E-state index in [9.17, 15) is 9.59 Å². The number of aromatic nitrogens is 1. The molecule has 3 rings (SSSR count). The summed E-state index contributed by atoms with van der Waals surface area (Å²) in [6.45, 7) is 6.68. The summed E-state index contributed by atoms with van der Waals surface area (Å²) in [6, 6.07) is 9.41. The highest BCUT2D eigenvalue weighted by Crippen LogP contribution is 2.13. The summed E-state index contributed by atoms with van der Waals surface area (Å²) in [5.41, 5.74) is 2.71. The Labute approximate surface area is 153 Å². The number of carbonyl (C=O) groups excluding carboxylic acids is 1. The van der Waals surface area contributed by atoms with E-state index in [1.807, 2.05) is 38.1 Å². The van der Waals surface area contributed by atoms with Crippen molar-refractivity contribution in [2.75, 3.05) is 26.3 Å². The number of benzene rings is 1. The van der Waals surface area contributed by atoms with E-state index in [1.165, 1.54) is 6.07 Å². The van der Waals surface area contributed by atoms with Gasteiger partial charge in [0.05, 0.1) is 19.4 Å². The molecule has 1 aliphatic heterocycles. The van der Waals surface area contributed by atoms with Crippen molar-refractivity contribution in [1.82, 2.24) is 9.47 Å². The zero-order valence-electron chi connectivity index (χ0n) is 15.2. The summed E-state index contributed by atoms with van der Waals surface area (Å²) in [6.07, 6.45) is 1.63. The van der Waals surface area contributed by atoms with Gasteiger partial charge in [-0.15, -0.1) is 0 Å². The monoisotopic (exact) mass is 356 g/mol. The van der Waals surface area contributed by atoms with Crippen molar-refractivity contribution in [3.8, 4) is 5.75 Å². The lowest BCUT2D eigenvalue weighted by Gasteiger charge is -2.27. The molecule has 1 saturated heterocycles. The van der Waals surface area contributed by atoms with Gasteiger partial charge in [-0.25, -0.2) is 0 Å². The average Bonchev–Trinajstić information content (AvgIpc) is 2.65. The van der Waals surface area contributed by atoms with Crippen LogP contribution < -0.4 is 10.2 Å². The van der Waals surface area contributed by atoms with Crippen molar-refractivity contribution in [3.05, 3.63) is 63.6 Å². The van der Waals surface area contributed by atoms with Gasteiger partial charge in [-0.1, -0.05) is 24.3 Å². The number of pyridine rings is 1. The summed E-state index contributed by atoms with van der Waals surface area (Å²) >= 11 is 0. The Kier molecular flexibility index (Phi) is 5.73. The first-order valence-corrected chi connectivity index (χ1v) is 8.78.